The van der Waals surface area contributed by atoms with Crippen molar-refractivity contribution < 1.29 is 86.3 Å². The van der Waals surface area contributed by atoms with E-state index in [9.17, 15) is 0 Å². The SMILES string of the molecule is N.N.N.N.N.N.N.N.N.N.N.N.N.N.N.N.N.N.O[Si](O)(O)Cl.O[Si](O)(O)Cl.O[Si](O)(O)Cl.O[Si](O)(O)Cl.O[Si](O)(O)Cl.O[Si](O)(O)Cl. The first-order chi connectivity index (χ1) is 12.0. The maximum absolute atomic E-state index is 7.54. The van der Waals surface area contributed by atoms with Crippen LogP contribution in [0, 0.1) is 0 Å². The zero-order valence-corrected chi connectivity index (χ0v) is 36.6. The van der Waals surface area contributed by atoms with Gasteiger partial charge in [0.2, 0.25) is 0 Å². The van der Waals surface area contributed by atoms with E-state index in [0.29, 0.717) is 0 Å². The number of hydrogen-bond donors (Lipinski definition) is 36. The predicted octanol–water partition coefficient (Wildman–Crippen LogP) is -5.26. The number of rotatable bonds is 0. The quantitative estimate of drug-likeness (QED) is 0.0796. The van der Waals surface area contributed by atoms with E-state index in [2.05, 4.69) is 66.5 Å². The summed E-state index contributed by atoms with van der Waals surface area (Å²) in [5.74, 6) is 0. The lowest BCUT2D eigenvalue weighted by Gasteiger charge is -1.90. The third-order valence-corrected chi connectivity index (χ3v) is 0. The van der Waals surface area contributed by atoms with Crippen LogP contribution in [0.1, 0.15) is 0 Å². The monoisotopic (exact) mass is 990 g/mol. The summed E-state index contributed by atoms with van der Waals surface area (Å²) >= 11 is 26.0. The van der Waals surface area contributed by atoms with Gasteiger partial charge >= 0.3 is 48.7 Å². The highest BCUT2D eigenvalue weighted by atomic mass is 35.6. The van der Waals surface area contributed by atoms with Crippen molar-refractivity contribution in [2.75, 3.05) is 0 Å². The van der Waals surface area contributed by atoms with Crippen molar-refractivity contribution in [2.45, 2.75) is 0 Å². The van der Waals surface area contributed by atoms with Crippen LogP contribution < -0.4 is 111 Å². The maximum Gasteiger partial charge on any atom is 0.605 e. The molecule has 0 unspecified atom stereocenters. The molecule has 0 aliphatic heterocycles. The number of hydrogen-bond acceptors (Lipinski definition) is 36. The van der Waals surface area contributed by atoms with Gasteiger partial charge in [-0.2, -0.15) is 0 Å². The lowest BCUT2D eigenvalue weighted by atomic mass is 14.0. The first-order valence-electron chi connectivity index (χ1n) is 5.16. The van der Waals surface area contributed by atoms with Crippen molar-refractivity contribution in [1.82, 2.24) is 111 Å². The fraction of sp³-hybridized carbons (Fsp3) is 0. The van der Waals surface area contributed by atoms with E-state index in [-0.39, 0.29) is 111 Å². The van der Waals surface area contributed by atoms with E-state index < -0.39 is 48.7 Å². The van der Waals surface area contributed by atoms with Gasteiger partial charge < -0.3 is 197 Å². The van der Waals surface area contributed by atoms with E-state index in [1.807, 2.05) is 0 Å². The van der Waals surface area contributed by atoms with Crippen LogP contribution in [-0.4, -0.2) is 135 Å². The molecule has 48 heteroatoms. The molecule has 0 aromatic carbocycles. The van der Waals surface area contributed by atoms with Gasteiger partial charge in [-0.05, 0) is 0 Å². The Morgan fingerprint density at radius 1 is 0.146 bits per heavy atom. The fourth-order valence-electron chi connectivity index (χ4n) is 0. The molecule has 0 fully saturated rings. The summed E-state index contributed by atoms with van der Waals surface area (Å²) in [5.41, 5.74) is 0. The summed E-state index contributed by atoms with van der Waals surface area (Å²) < 4.78 is 0. The average molecular weight is 994 g/mol. The van der Waals surface area contributed by atoms with Crippen molar-refractivity contribution in [2.24, 2.45) is 0 Å². The van der Waals surface area contributed by atoms with Crippen LogP contribution in [0.5, 0.6) is 0 Å². The van der Waals surface area contributed by atoms with Crippen LogP contribution in [-0.2, 0) is 0 Å². The highest BCUT2D eigenvalue weighted by molar-refractivity contribution is 7.08. The Morgan fingerprint density at radius 3 is 0.146 bits per heavy atom. The lowest BCUT2D eigenvalue weighted by Crippen LogP contribution is -2.25. The van der Waals surface area contributed by atoms with Gasteiger partial charge in [-0.25, -0.2) is 0 Å². The molecule has 0 amide bonds. The van der Waals surface area contributed by atoms with Crippen LogP contribution in [0.4, 0.5) is 0 Å². The second-order valence-corrected chi connectivity index (χ2v) is 19.1. The van der Waals surface area contributed by atoms with E-state index in [1.54, 1.807) is 0 Å². The van der Waals surface area contributed by atoms with Crippen LogP contribution in [0.2, 0.25) is 0 Å². The second kappa shape index (κ2) is 77.9. The molecule has 0 rings (SSSR count). The highest BCUT2D eigenvalue weighted by Crippen LogP contribution is 1.89. The summed E-state index contributed by atoms with van der Waals surface area (Å²) in [4.78, 5) is 136. The molecule has 0 atom stereocenters. The Morgan fingerprint density at radius 2 is 0.146 bits per heavy atom. The second-order valence-electron chi connectivity index (χ2n) is 3.32. The first-order valence-corrected chi connectivity index (χ1v) is 22.3. The summed E-state index contributed by atoms with van der Waals surface area (Å²) in [6, 6.07) is 0. The summed E-state index contributed by atoms with van der Waals surface area (Å²) in [6.07, 6.45) is 0. The third kappa shape index (κ3) is 40300. The Kier molecular flexibility index (Phi) is 290. The molecule has 336 valence electrons. The van der Waals surface area contributed by atoms with Crippen LogP contribution in [0.3, 0.4) is 0 Å². The molecule has 0 saturated heterocycles. The molecule has 36 nitrogen and oxygen atoms in total. The van der Waals surface area contributed by atoms with Gasteiger partial charge in [0.05, 0.1) is 0 Å². The third-order valence-electron chi connectivity index (χ3n) is 0. The van der Waals surface area contributed by atoms with Crippen LogP contribution in [0.15, 0.2) is 0 Å². The smallest absolute Gasteiger partial charge is 0.378 e. The molecule has 0 aromatic heterocycles. The van der Waals surface area contributed by atoms with Crippen molar-refractivity contribution >= 4 is 115 Å². The molecule has 0 aliphatic rings. The van der Waals surface area contributed by atoms with Gasteiger partial charge in [-0.3, -0.25) is 0 Å². The standard InChI is InChI=1S/6ClH3O3Si.18H3N/c6*1-5(2,3)4;;;;;;;;;;;;;;;;;;/h6*2-4H;18*1H3. The lowest BCUT2D eigenvalue weighted by molar-refractivity contribution is 0.259. The van der Waals surface area contributed by atoms with E-state index in [1.165, 1.54) is 0 Å². The van der Waals surface area contributed by atoms with Gasteiger partial charge in [0.25, 0.3) is 0 Å². The molecule has 0 aliphatic carbocycles. The van der Waals surface area contributed by atoms with Gasteiger partial charge in [-0.1, -0.05) is 66.5 Å². The molecular formula is H72Cl6N18O18Si6. The zero-order chi connectivity index (χ0) is 27.0. The van der Waals surface area contributed by atoms with Crippen molar-refractivity contribution in [3.63, 3.8) is 0 Å². The van der Waals surface area contributed by atoms with E-state index in [0.717, 1.165) is 0 Å². The van der Waals surface area contributed by atoms with Crippen molar-refractivity contribution in [1.29, 1.82) is 0 Å². The van der Waals surface area contributed by atoms with Gasteiger partial charge in [0, 0.05) is 0 Å². The van der Waals surface area contributed by atoms with Gasteiger partial charge in [-0.15, -0.1) is 0 Å². The van der Waals surface area contributed by atoms with E-state index >= 15 is 0 Å². The summed E-state index contributed by atoms with van der Waals surface area (Å²) in [7, 11) is -24.8. The fourth-order valence-corrected chi connectivity index (χ4v) is 0. The Balaban J connectivity index is -0.00000000609. The van der Waals surface area contributed by atoms with Crippen molar-refractivity contribution in [3.05, 3.63) is 0 Å². The molecule has 0 spiro atoms. The molecular weight excluding hydrogens is 921 g/mol. The molecule has 0 bridgehead atoms. The minimum Gasteiger partial charge on any atom is -0.378 e. The zero-order valence-electron chi connectivity index (χ0n) is 26.0. The maximum atomic E-state index is 7.54. The summed E-state index contributed by atoms with van der Waals surface area (Å²) in [6.45, 7) is 0. The van der Waals surface area contributed by atoms with Crippen LogP contribution >= 0.6 is 66.5 Å². The molecule has 48 heavy (non-hydrogen) atoms. The Bertz CT molecular complexity index is 273. The minimum atomic E-state index is -4.14. The molecule has 0 aromatic rings. The first kappa shape index (κ1) is 179. The van der Waals surface area contributed by atoms with E-state index in [4.69, 9.17) is 86.3 Å². The Labute approximate surface area is 311 Å². The molecule has 72 N–H and O–H groups in total. The molecule has 0 radical (unpaired) electrons. The average Bonchev–Trinajstić information content (AvgIpc) is 1.94. The van der Waals surface area contributed by atoms with Gasteiger partial charge in [0.1, 0.15) is 0 Å². The topological polar surface area (TPSA) is 994 Å². The molecule has 0 saturated carbocycles. The van der Waals surface area contributed by atoms with Crippen LogP contribution in [0.25, 0.3) is 0 Å². The minimum absolute atomic E-state index is 0. The number of halogens is 6. The Hall–Kier alpha value is 1.60. The summed E-state index contributed by atoms with van der Waals surface area (Å²) in [5, 5.41) is 0. The molecule has 0 heterocycles. The highest BCUT2D eigenvalue weighted by Gasteiger charge is 2.23. The predicted molar refractivity (Wildman–Crippen MR) is 200 cm³/mol. The van der Waals surface area contributed by atoms with Gasteiger partial charge in [0.15, 0.2) is 0 Å². The normalized spacial score (nSPS) is 7.50. The largest absolute Gasteiger partial charge is 0.605 e. The van der Waals surface area contributed by atoms with Crippen molar-refractivity contribution in [3.8, 4) is 0 Å².